The maximum atomic E-state index is 13.7. The van der Waals surface area contributed by atoms with Gasteiger partial charge in [0, 0.05) is 12.5 Å². The minimum atomic E-state index is -3.80. The molecule has 37 heavy (non-hydrogen) atoms. The zero-order chi connectivity index (χ0) is 26.6. The fourth-order valence-electron chi connectivity index (χ4n) is 4.81. The molecule has 0 aromatic heterocycles. The van der Waals surface area contributed by atoms with Crippen LogP contribution >= 0.6 is 0 Å². The summed E-state index contributed by atoms with van der Waals surface area (Å²) >= 11 is 0. The fourth-order valence-corrected chi connectivity index (χ4v) is 6.38. The van der Waals surface area contributed by atoms with Crippen molar-refractivity contribution in [3.63, 3.8) is 0 Å². The summed E-state index contributed by atoms with van der Waals surface area (Å²) < 4.78 is 40.3. The van der Waals surface area contributed by atoms with Crippen molar-refractivity contribution in [2.75, 3.05) is 13.7 Å². The number of nitrogens with zero attached hydrogens (tertiary/aromatic N) is 1. The van der Waals surface area contributed by atoms with Gasteiger partial charge in [0.15, 0.2) is 0 Å². The molecule has 1 N–H and O–H groups in total. The summed E-state index contributed by atoms with van der Waals surface area (Å²) in [6, 6.07) is 20.0. The predicted molar refractivity (Wildman–Crippen MR) is 142 cm³/mol. The smallest absolute Gasteiger partial charge is 0.304 e. The lowest BCUT2D eigenvalue weighted by molar-refractivity contribution is -0.137. The van der Waals surface area contributed by atoms with Gasteiger partial charge in [0.25, 0.3) is 0 Å². The number of aryl methyl sites for hydroxylation is 1. The Bertz CT molecular complexity index is 1370. The van der Waals surface area contributed by atoms with E-state index in [1.165, 1.54) is 4.31 Å². The molecule has 1 aliphatic heterocycles. The summed E-state index contributed by atoms with van der Waals surface area (Å²) in [7, 11) is -2.23. The van der Waals surface area contributed by atoms with E-state index in [0.717, 1.165) is 28.7 Å². The summed E-state index contributed by atoms with van der Waals surface area (Å²) in [5.74, 6) is -0.298. The van der Waals surface area contributed by atoms with Crippen molar-refractivity contribution in [3.05, 3.63) is 89.0 Å². The second-order valence-electron chi connectivity index (χ2n) is 9.20. The summed E-state index contributed by atoms with van der Waals surface area (Å²) in [5, 5.41) is 9.68. The third kappa shape index (κ3) is 5.81. The molecule has 0 bridgehead atoms. The molecule has 2 atom stereocenters. The molecule has 0 amide bonds. The number of carboxylic acid groups (broad SMARTS) is 1. The van der Waals surface area contributed by atoms with Crippen molar-refractivity contribution in [3.8, 4) is 11.5 Å². The van der Waals surface area contributed by atoms with Gasteiger partial charge in [-0.2, -0.15) is 4.31 Å². The highest BCUT2D eigenvalue weighted by molar-refractivity contribution is 7.89. The number of hydrogen-bond acceptors (Lipinski definition) is 5. The van der Waals surface area contributed by atoms with Crippen LogP contribution in [-0.2, 0) is 27.8 Å². The van der Waals surface area contributed by atoms with Gasteiger partial charge < -0.3 is 14.6 Å². The molecule has 7 nitrogen and oxygen atoms in total. The number of fused-ring (bicyclic) bond motifs is 1. The molecule has 0 radical (unpaired) electrons. The van der Waals surface area contributed by atoms with Crippen molar-refractivity contribution < 1.29 is 27.8 Å². The number of hydrogen-bond donors (Lipinski definition) is 1. The van der Waals surface area contributed by atoms with Crippen molar-refractivity contribution in [2.24, 2.45) is 0 Å². The van der Waals surface area contributed by atoms with Gasteiger partial charge in [-0.3, -0.25) is 4.79 Å². The van der Waals surface area contributed by atoms with E-state index < -0.39 is 21.9 Å². The van der Waals surface area contributed by atoms with E-state index in [9.17, 15) is 18.3 Å². The molecule has 0 fully saturated rings. The maximum absolute atomic E-state index is 13.7. The molecule has 0 spiro atoms. The monoisotopic (exact) mass is 523 g/mol. The summed E-state index contributed by atoms with van der Waals surface area (Å²) in [6.45, 7) is 4.41. The van der Waals surface area contributed by atoms with Crippen molar-refractivity contribution in [2.45, 2.75) is 56.6 Å². The van der Waals surface area contributed by atoms with Gasteiger partial charge in [0.05, 0.1) is 20.1 Å². The van der Waals surface area contributed by atoms with Crippen LogP contribution in [0.3, 0.4) is 0 Å². The van der Waals surface area contributed by atoms with Crippen molar-refractivity contribution >= 4 is 16.0 Å². The molecule has 1 aliphatic rings. The van der Waals surface area contributed by atoms with Gasteiger partial charge in [-0.25, -0.2) is 8.42 Å². The number of carboxylic acids is 1. The highest BCUT2D eigenvalue weighted by atomic mass is 32.2. The quantitative estimate of drug-likeness (QED) is 0.413. The summed E-state index contributed by atoms with van der Waals surface area (Å²) in [5.41, 5.74) is 3.52. The van der Waals surface area contributed by atoms with Crippen LogP contribution in [-0.4, -0.2) is 43.6 Å². The average molecular weight is 524 g/mol. The number of sulfonamides is 1. The second kappa shape index (κ2) is 11.4. The van der Waals surface area contributed by atoms with E-state index in [-0.39, 0.29) is 30.5 Å². The lowest BCUT2D eigenvalue weighted by Crippen LogP contribution is -2.36. The fraction of sp³-hybridized carbons (Fsp3) is 0.345. The minimum Gasteiger partial charge on any atom is -0.497 e. The number of rotatable bonds is 9. The van der Waals surface area contributed by atoms with E-state index in [0.29, 0.717) is 17.9 Å². The van der Waals surface area contributed by atoms with Gasteiger partial charge >= 0.3 is 5.97 Å². The van der Waals surface area contributed by atoms with E-state index in [1.807, 2.05) is 56.3 Å². The first-order valence-electron chi connectivity index (χ1n) is 12.5. The molecule has 3 aromatic rings. The number of methoxy groups -OCH3 is 1. The van der Waals surface area contributed by atoms with Crippen LogP contribution in [0, 0.1) is 0 Å². The molecule has 3 aromatic carbocycles. The summed E-state index contributed by atoms with van der Waals surface area (Å²) in [6.07, 6.45) is 1.01. The van der Waals surface area contributed by atoms with Gasteiger partial charge in [-0.15, -0.1) is 0 Å². The highest BCUT2D eigenvalue weighted by Gasteiger charge is 2.34. The number of para-hydroxylation sites is 1. The van der Waals surface area contributed by atoms with Gasteiger partial charge in [-0.1, -0.05) is 56.3 Å². The van der Waals surface area contributed by atoms with E-state index in [4.69, 9.17) is 9.47 Å². The largest absolute Gasteiger partial charge is 0.497 e. The molecule has 4 rings (SSSR count). The molecule has 0 aliphatic carbocycles. The van der Waals surface area contributed by atoms with Crippen molar-refractivity contribution in [1.82, 2.24) is 4.31 Å². The van der Waals surface area contributed by atoms with Crippen LogP contribution in [0.4, 0.5) is 0 Å². The van der Waals surface area contributed by atoms with Crippen LogP contribution in [0.25, 0.3) is 0 Å². The van der Waals surface area contributed by atoms with E-state index in [2.05, 4.69) is 0 Å². The summed E-state index contributed by atoms with van der Waals surface area (Å²) in [4.78, 5) is 12.0. The second-order valence-corrected chi connectivity index (χ2v) is 11.1. The van der Waals surface area contributed by atoms with Gasteiger partial charge in [0.2, 0.25) is 10.0 Å². The van der Waals surface area contributed by atoms with Gasteiger partial charge in [-0.05, 0) is 59.4 Å². The van der Waals surface area contributed by atoms with E-state index in [1.54, 1.807) is 31.4 Å². The lowest BCUT2D eigenvalue weighted by atomic mass is 9.86. The van der Waals surface area contributed by atoms with Crippen LogP contribution in [0.2, 0.25) is 0 Å². The molecule has 196 valence electrons. The Balaban J connectivity index is 1.76. The Morgan fingerprint density at radius 1 is 1.05 bits per heavy atom. The molecular weight excluding hydrogens is 490 g/mol. The maximum Gasteiger partial charge on any atom is 0.304 e. The topological polar surface area (TPSA) is 93.1 Å². The number of ether oxygens (including phenoxy) is 2. The Labute approximate surface area is 218 Å². The van der Waals surface area contributed by atoms with Crippen molar-refractivity contribution in [1.29, 1.82) is 0 Å². The number of carbonyl (C=O) groups is 1. The molecule has 1 heterocycles. The minimum absolute atomic E-state index is 0.0980. The Kier molecular flexibility index (Phi) is 8.19. The predicted octanol–water partition coefficient (Wildman–Crippen LogP) is 5.23. The zero-order valence-corrected chi connectivity index (χ0v) is 22.2. The zero-order valence-electron chi connectivity index (χ0n) is 21.4. The third-order valence-electron chi connectivity index (χ3n) is 6.86. The molecule has 1 unspecified atom stereocenters. The molecule has 0 saturated heterocycles. The van der Waals surface area contributed by atoms with E-state index >= 15 is 0 Å². The first-order valence-corrected chi connectivity index (χ1v) is 13.9. The standard InChI is InChI=1S/C29H33NO6S/c1-4-20-13-14-22(26(17-29(31)32)21-9-8-10-25(16-21)35-3)15-23(20)18-30-19-24(5-2)36-27-11-6-7-12-28(27)37(30,33)34/h6-16,24,26H,4-5,17-19H2,1-3H3,(H,31,32)/t24-,26?/m1/s1. The van der Waals surface area contributed by atoms with Crippen LogP contribution < -0.4 is 9.47 Å². The first kappa shape index (κ1) is 26.7. The molecule has 8 heteroatoms. The average Bonchev–Trinajstić information content (AvgIpc) is 3.01. The Hall–Kier alpha value is -3.36. The lowest BCUT2D eigenvalue weighted by Gasteiger charge is -2.25. The number of benzene rings is 3. The molecule has 0 saturated carbocycles. The first-order chi connectivity index (χ1) is 17.8. The molecular formula is C29H33NO6S. The third-order valence-corrected chi connectivity index (χ3v) is 8.71. The Morgan fingerprint density at radius 2 is 1.81 bits per heavy atom. The Morgan fingerprint density at radius 3 is 2.51 bits per heavy atom. The SMILES string of the molecule is CCc1ccc(C(CC(=O)O)c2cccc(OC)c2)cc1CN1C[C@@H](CC)Oc2ccccc2S1(=O)=O. The normalized spacial score (nSPS) is 17.8. The highest BCUT2D eigenvalue weighted by Crippen LogP contribution is 2.35. The van der Waals surface area contributed by atoms with Crippen LogP contribution in [0.15, 0.2) is 71.6 Å². The number of aliphatic carboxylic acids is 1. The van der Waals surface area contributed by atoms with Gasteiger partial charge in [0.1, 0.15) is 22.5 Å². The van der Waals surface area contributed by atoms with Crippen LogP contribution in [0.5, 0.6) is 11.5 Å². The van der Waals surface area contributed by atoms with Crippen LogP contribution in [0.1, 0.15) is 54.9 Å².